The molecule has 0 radical (unpaired) electrons. The first-order valence-electron chi connectivity index (χ1n) is 10.2. The largest absolute Gasteiger partial charge is 0.491 e. The number of nitrogens with one attached hydrogen (secondary N) is 1. The number of hydrogen-bond donors (Lipinski definition) is 1. The van der Waals surface area contributed by atoms with Crippen molar-refractivity contribution in [3.8, 4) is 5.75 Å². The van der Waals surface area contributed by atoms with Crippen molar-refractivity contribution in [1.29, 1.82) is 0 Å². The number of amides is 2. The molecule has 1 heterocycles. The van der Waals surface area contributed by atoms with Gasteiger partial charge in [-0.25, -0.2) is 0 Å². The average Bonchev–Trinajstić information content (AvgIpc) is 3.27. The fraction of sp³-hybridized carbons (Fsp3) is 0.391. The first-order valence-corrected chi connectivity index (χ1v) is 10.2. The van der Waals surface area contributed by atoms with Crippen LogP contribution in [0, 0.1) is 0 Å². The average molecular weight is 396 g/mol. The Balaban J connectivity index is 1.64. The topological polar surface area (TPSA) is 67.9 Å². The molecule has 1 atom stereocenters. The number of anilines is 1. The molecule has 6 nitrogen and oxygen atoms in total. The Kier molecular flexibility index (Phi) is 7.25. The number of nitrogens with zero attached hydrogens (tertiary/aromatic N) is 1. The molecule has 2 aromatic rings. The first-order chi connectivity index (χ1) is 14.1. The van der Waals surface area contributed by atoms with E-state index < -0.39 is 0 Å². The van der Waals surface area contributed by atoms with Crippen molar-refractivity contribution in [1.82, 2.24) is 4.90 Å². The Hall–Kier alpha value is -2.86. The lowest BCUT2D eigenvalue weighted by Gasteiger charge is -2.19. The van der Waals surface area contributed by atoms with Crippen LogP contribution in [0.1, 0.15) is 47.4 Å². The van der Waals surface area contributed by atoms with Crippen LogP contribution in [-0.4, -0.2) is 49.1 Å². The van der Waals surface area contributed by atoms with Gasteiger partial charge in [0.2, 0.25) is 0 Å². The Labute approximate surface area is 171 Å². The van der Waals surface area contributed by atoms with Crippen molar-refractivity contribution in [2.75, 3.05) is 31.6 Å². The highest BCUT2D eigenvalue weighted by Gasteiger charge is 2.17. The molecule has 154 valence electrons. The zero-order valence-corrected chi connectivity index (χ0v) is 17.0. The normalized spacial score (nSPS) is 15.7. The summed E-state index contributed by atoms with van der Waals surface area (Å²) < 4.78 is 11.3. The molecule has 6 heteroatoms. The van der Waals surface area contributed by atoms with Gasteiger partial charge in [0.05, 0.1) is 6.10 Å². The maximum absolute atomic E-state index is 12.7. The molecule has 1 saturated heterocycles. The summed E-state index contributed by atoms with van der Waals surface area (Å²) in [6, 6.07) is 14.1. The standard InChI is InChI=1S/C23H28N2O4/c1-3-25(4-2)23(27)18-9-5-10-19(14-18)24-22(26)17-8-6-11-20(15-17)29-16-21-12-7-13-28-21/h5-6,8-11,14-15,21H,3-4,7,12-13,16H2,1-2H3,(H,24,26). The molecule has 1 unspecified atom stereocenters. The molecular weight excluding hydrogens is 368 g/mol. The van der Waals surface area contributed by atoms with Gasteiger partial charge in [0, 0.05) is 36.5 Å². The van der Waals surface area contributed by atoms with E-state index in [2.05, 4.69) is 5.32 Å². The molecule has 1 aliphatic heterocycles. The van der Waals surface area contributed by atoms with Gasteiger partial charge in [-0.05, 0) is 63.1 Å². The molecule has 0 aromatic heterocycles. The van der Waals surface area contributed by atoms with E-state index >= 15 is 0 Å². The van der Waals surface area contributed by atoms with Crippen molar-refractivity contribution in [2.24, 2.45) is 0 Å². The molecule has 2 amide bonds. The van der Waals surface area contributed by atoms with Crippen LogP contribution in [0.15, 0.2) is 48.5 Å². The maximum atomic E-state index is 12.7. The number of hydrogen-bond acceptors (Lipinski definition) is 4. The Morgan fingerprint density at radius 1 is 1.10 bits per heavy atom. The fourth-order valence-electron chi connectivity index (χ4n) is 3.32. The highest BCUT2D eigenvalue weighted by molar-refractivity contribution is 6.05. The van der Waals surface area contributed by atoms with E-state index in [1.165, 1.54) is 0 Å². The van der Waals surface area contributed by atoms with Crippen molar-refractivity contribution in [3.05, 3.63) is 59.7 Å². The molecule has 1 aliphatic rings. The molecule has 0 bridgehead atoms. The second-order valence-corrected chi connectivity index (χ2v) is 6.99. The molecule has 2 aromatic carbocycles. The van der Waals surface area contributed by atoms with Gasteiger partial charge in [-0.2, -0.15) is 0 Å². The van der Waals surface area contributed by atoms with Gasteiger partial charge in [0.1, 0.15) is 12.4 Å². The van der Waals surface area contributed by atoms with E-state index in [-0.39, 0.29) is 17.9 Å². The number of rotatable bonds is 8. The number of carbonyl (C=O) groups excluding carboxylic acids is 2. The van der Waals surface area contributed by atoms with Crippen molar-refractivity contribution in [2.45, 2.75) is 32.8 Å². The smallest absolute Gasteiger partial charge is 0.255 e. The van der Waals surface area contributed by atoms with E-state index in [1.807, 2.05) is 19.9 Å². The number of benzene rings is 2. The quantitative estimate of drug-likeness (QED) is 0.733. The van der Waals surface area contributed by atoms with E-state index in [0.717, 1.165) is 19.4 Å². The molecular formula is C23H28N2O4. The van der Waals surface area contributed by atoms with Crippen LogP contribution in [0.4, 0.5) is 5.69 Å². The van der Waals surface area contributed by atoms with Crippen molar-refractivity contribution >= 4 is 17.5 Å². The highest BCUT2D eigenvalue weighted by atomic mass is 16.5. The van der Waals surface area contributed by atoms with Crippen LogP contribution in [0.2, 0.25) is 0 Å². The van der Waals surface area contributed by atoms with E-state index in [0.29, 0.717) is 42.3 Å². The van der Waals surface area contributed by atoms with Crippen LogP contribution in [0.3, 0.4) is 0 Å². The fourth-order valence-corrected chi connectivity index (χ4v) is 3.32. The first kappa shape index (κ1) is 20.9. The maximum Gasteiger partial charge on any atom is 0.255 e. The molecule has 0 aliphatic carbocycles. The van der Waals surface area contributed by atoms with Crippen molar-refractivity contribution in [3.63, 3.8) is 0 Å². The van der Waals surface area contributed by atoms with E-state index in [4.69, 9.17) is 9.47 Å². The third kappa shape index (κ3) is 5.57. The summed E-state index contributed by atoms with van der Waals surface area (Å²) in [5, 5.41) is 2.86. The lowest BCUT2D eigenvalue weighted by Crippen LogP contribution is -2.30. The molecule has 0 spiro atoms. The summed E-state index contributed by atoms with van der Waals surface area (Å²) in [4.78, 5) is 26.9. The summed E-state index contributed by atoms with van der Waals surface area (Å²) in [6.45, 7) is 6.45. The minimum atomic E-state index is -0.250. The van der Waals surface area contributed by atoms with Crippen molar-refractivity contribution < 1.29 is 19.1 Å². The Morgan fingerprint density at radius 3 is 2.59 bits per heavy atom. The lowest BCUT2D eigenvalue weighted by atomic mass is 10.1. The third-order valence-electron chi connectivity index (χ3n) is 4.97. The number of ether oxygens (including phenoxy) is 2. The van der Waals surface area contributed by atoms with Crippen LogP contribution in [0.5, 0.6) is 5.75 Å². The molecule has 1 fully saturated rings. The highest BCUT2D eigenvalue weighted by Crippen LogP contribution is 2.19. The predicted octanol–water partition coefficient (Wildman–Crippen LogP) is 3.98. The minimum Gasteiger partial charge on any atom is -0.491 e. The van der Waals surface area contributed by atoms with Gasteiger partial charge in [0.25, 0.3) is 11.8 Å². The summed E-state index contributed by atoms with van der Waals surface area (Å²) in [5.74, 6) is 0.342. The molecule has 29 heavy (non-hydrogen) atoms. The summed E-state index contributed by atoms with van der Waals surface area (Å²) >= 11 is 0. The Morgan fingerprint density at radius 2 is 1.86 bits per heavy atom. The predicted molar refractivity (Wildman–Crippen MR) is 113 cm³/mol. The van der Waals surface area contributed by atoms with Gasteiger partial charge >= 0.3 is 0 Å². The lowest BCUT2D eigenvalue weighted by molar-refractivity contribution is 0.0679. The zero-order chi connectivity index (χ0) is 20.6. The molecule has 3 rings (SSSR count). The minimum absolute atomic E-state index is 0.0457. The monoisotopic (exact) mass is 396 g/mol. The third-order valence-corrected chi connectivity index (χ3v) is 4.97. The number of carbonyl (C=O) groups is 2. The Bertz CT molecular complexity index is 842. The second-order valence-electron chi connectivity index (χ2n) is 6.99. The van der Waals surface area contributed by atoms with Crippen LogP contribution in [0.25, 0.3) is 0 Å². The van der Waals surface area contributed by atoms with E-state index in [9.17, 15) is 9.59 Å². The second kappa shape index (κ2) is 10.1. The summed E-state index contributed by atoms with van der Waals surface area (Å²) in [5.41, 5.74) is 1.63. The van der Waals surface area contributed by atoms with Gasteiger partial charge in [-0.1, -0.05) is 12.1 Å². The van der Waals surface area contributed by atoms with Crippen LogP contribution in [-0.2, 0) is 4.74 Å². The molecule has 0 saturated carbocycles. The molecule has 1 N–H and O–H groups in total. The van der Waals surface area contributed by atoms with Crippen LogP contribution < -0.4 is 10.1 Å². The SMILES string of the molecule is CCN(CC)C(=O)c1cccc(NC(=O)c2cccc(OCC3CCCO3)c2)c1. The van der Waals surface area contributed by atoms with E-state index in [1.54, 1.807) is 47.4 Å². The van der Waals surface area contributed by atoms with Crippen LogP contribution >= 0.6 is 0 Å². The van der Waals surface area contributed by atoms with Gasteiger partial charge < -0.3 is 19.7 Å². The van der Waals surface area contributed by atoms with Gasteiger partial charge in [-0.3, -0.25) is 9.59 Å². The van der Waals surface area contributed by atoms with Gasteiger partial charge in [-0.15, -0.1) is 0 Å². The zero-order valence-electron chi connectivity index (χ0n) is 17.0. The summed E-state index contributed by atoms with van der Waals surface area (Å²) in [6.07, 6.45) is 2.19. The van der Waals surface area contributed by atoms with Gasteiger partial charge in [0.15, 0.2) is 0 Å². The summed E-state index contributed by atoms with van der Waals surface area (Å²) in [7, 11) is 0.